The van der Waals surface area contributed by atoms with Gasteiger partial charge in [0.05, 0.1) is 6.10 Å². The second-order valence-electron chi connectivity index (χ2n) is 4.67. The number of hydrogen-bond donors (Lipinski definition) is 2. The second kappa shape index (κ2) is 5.81. The van der Waals surface area contributed by atoms with E-state index in [1.165, 1.54) is 11.9 Å². The molecule has 1 fully saturated rings. The fourth-order valence-corrected chi connectivity index (χ4v) is 1.86. The molecule has 1 heterocycles. The summed E-state index contributed by atoms with van der Waals surface area (Å²) in [7, 11) is 1.51. The summed E-state index contributed by atoms with van der Waals surface area (Å²) < 4.78 is 0. The molecule has 102 valence electrons. The van der Waals surface area contributed by atoms with Crippen LogP contribution in [0.1, 0.15) is 20.3 Å². The number of aliphatic hydroxyl groups is 1. The van der Waals surface area contributed by atoms with Crippen molar-refractivity contribution in [3.63, 3.8) is 0 Å². The Morgan fingerprint density at radius 1 is 1.44 bits per heavy atom. The zero-order valence-electron chi connectivity index (χ0n) is 10.8. The molecule has 0 aromatic rings. The third-order valence-electron chi connectivity index (χ3n) is 2.63. The first-order valence-corrected chi connectivity index (χ1v) is 5.84. The van der Waals surface area contributed by atoms with Crippen molar-refractivity contribution in [2.24, 2.45) is 0 Å². The Balaban J connectivity index is 2.45. The number of aliphatic hydroxyl groups excluding tert-OH is 1. The van der Waals surface area contributed by atoms with Gasteiger partial charge in [-0.3, -0.25) is 14.5 Å². The van der Waals surface area contributed by atoms with Crippen molar-refractivity contribution in [3.05, 3.63) is 0 Å². The molecule has 0 aromatic carbocycles. The zero-order chi connectivity index (χ0) is 13.9. The Kier molecular flexibility index (Phi) is 4.66. The third kappa shape index (κ3) is 3.69. The summed E-state index contributed by atoms with van der Waals surface area (Å²) in [6.45, 7) is 3.12. The molecule has 4 amide bonds. The predicted molar refractivity (Wildman–Crippen MR) is 63.6 cm³/mol. The molecular formula is C11H19N3O4. The summed E-state index contributed by atoms with van der Waals surface area (Å²) in [4.78, 5) is 36.8. The van der Waals surface area contributed by atoms with E-state index in [1.54, 1.807) is 13.8 Å². The Morgan fingerprint density at radius 3 is 2.50 bits per heavy atom. The molecule has 0 spiro atoms. The average molecular weight is 257 g/mol. The van der Waals surface area contributed by atoms with E-state index < -0.39 is 18.0 Å². The number of imide groups is 1. The van der Waals surface area contributed by atoms with Gasteiger partial charge >= 0.3 is 6.03 Å². The summed E-state index contributed by atoms with van der Waals surface area (Å²) in [6.07, 6.45) is -0.0884. The third-order valence-corrected chi connectivity index (χ3v) is 2.63. The maximum absolute atomic E-state index is 11.6. The average Bonchev–Trinajstić information content (AvgIpc) is 2.43. The molecule has 2 N–H and O–H groups in total. The van der Waals surface area contributed by atoms with Gasteiger partial charge in [-0.1, -0.05) is 0 Å². The van der Waals surface area contributed by atoms with Crippen LogP contribution in [0.25, 0.3) is 0 Å². The lowest BCUT2D eigenvalue weighted by Crippen LogP contribution is -2.44. The monoisotopic (exact) mass is 257 g/mol. The molecule has 0 aromatic heterocycles. The van der Waals surface area contributed by atoms with E-state index in [4.69, 9.17) is 5.11 Å². The van der Waals surface area contributed by atoms with Gasteiger partial charge in [-0.25, -0.2) is 4.79 Å². The van der Waals surface area contributed by atoms with Crippen LogP contribution >= 0.6 is 0 Å². The highest BCUT2D eigenvalue weighted by atomic mass is 16.3. The molecule has 1 aliphatic heterocycles. The highest BCUT2D eigenvalue weighted by Gasteiger charge is 2.34. The molecule has 0 aliphatic carbocycles. The highest BCUT2D eigenvalue weighted by Crippen LogP contribution is 2.07. The van der Waals surface area contributed by atoms with Gasteiger partial charge in [0.2, 0.25) is 5.91 Å². The quantitative estimate of drug-likeness (QED) is 0.628. The Morgan fingerprint density at radius 2 is 2.06 bits per heavy atom. The summed E-state index contributed by atoms with van der Waals surface area (Å²) in [6, 6.07) is -0.665. The lowest BCUT2D eigenvalue weighted by atomic mass is 10.1. The van der Waals surface area contributed by atoms with Crippen molar-refractivity contribution in [2.75, 3.05) is 20.1 Å². The van der Waals surface area contributed by atoms with Crippen molar-refractivity contribution in [1.82, 2.24) is 15.1 Å². The number of urea groups is 1. The zero-order valence-corrected chi connectivity index (χ0v) is 10.8. The molecule has 0 saturated carbocycles. The second-order valence-corrected chi connectivity index (χ2v) is 4.67. The molecule has 1 aliphatic rings. The molecule has 0 bridgehead atoms. The standard InChI is InChI=1S/C11H19N3O4/c1-7(4-8(2)15)12-9(16)5-14-10(17)6-13(3)11(14)18/h7-8,15H,4-6H2,1-3H3,(H,12,16). The number of carbonyl (C=O) groups is 3. The van der Waals surface area contributed by atoms with E-state index in [0.717, 1.165) is 4.90 Å². The van der Waals surface area contributed by atoms with E-state index in [2.05, 4.69) is 5.32 Å². The number of hydrogen-bond acceptors (Lipinski definition) is 4. The van der Waals surface area contributed by atoms with Crippen molar-refractivity contribution >= 4 is 17.8 Å². The van der Waals surface area contributed by atoms with E-state index in [0.29, 0.717) is 6.42 Å². The predicted octanol–water partition coefficient (Wildman–Crippen LogP) is -0.844. The topological polar surface area (TPSA) is 89.9 Å². The van der Waals surface area contributed by atoms with Crippen molar-refractivity contribution in [1.29, 1.82) is 0 Å². The Bertz CT molecular complexity index is 356. The molecule has 7 nitrogen and oxygen atoms in total. The van der Waals surface area contributed by atoms with Crippen molar-refractivity contribution < 1.29 is 19.5 Å². The van der Waals surface area contributed by atoms with Crippen molar-refractivity contribution in [2.45, 2.75) is 32.4 Å². The van der Waals surface area contributed by atoms with Crippen LogP contribution in [0, 0.1) is 0 Å². The normalized spacial score (nSPS) is 19.1. The van der Waals surface area contributed by atoms with Crippen LogP contribution in [0.4, 0.5) is 4.79 Å². The first kappa shape index (κ1) is 14.4. The Labute approximate surface area is 106 Å². The fraction of sp³-hybridized carbons (Fsp3) is 0.727. The minimum Gasteiger partial charge on any atom is -0.393 e. The van der Waals surface area contributed by atoms with Gasteiger partial charge in [-0.15, -0.1) is 0 Å². The van der Waals surface area contributed by atoms with Crippen LogP contribution in [-0.4, -0.2) is 65.0 Å². The van der Waals surface area contributed by atoms with Gasteiger partial charge in [-0.2, -0.15) is 0 Å². The first-order valence-electron chi connectivity index (χ1n) is 5.84. The molecule has 18 heavy (non-hydrogen) atoms. The van der Waals surface area contributed by atoms with E-state index >= 15 is 0 Å². The van der Waals surface area contributed by atoms with Gasteiger partial charge in [0, 0.05) is 13.1 Å². The van der Waals surface area contributed by atoms with Crippen LogP contribution in [-0.2, 0) is 9.59 Å². The molecule has 1 saturated heterocycles. The van der Waals surface area contributed by atoms with Crippen LogP contribution in [0.3, 0.4) is 0 Å². The molecule has 7 heteroatoms. The summed E-state index contributed by atoms with van der Waals surface area (Å²) in [5.74, 6) is -0.777. The largest absolute Gasteiger partial charge is 0.393 e. The van der Waals surface area contributed by atoms with Gasteiger partial charge < -0.3 is 15.3 Å². The van der Waals surface area contributed by atoms with Crippen LogP contribution in [0.15, 0.2) is 0 Å². The van der Waals surface area contributed by atoms with Crippen LogP contribution < -0.4 is 5.32 Å². The molecule has 2 unspecified atom stereocenters. The smallest absolute Gasteiger partial charge is 0.327 e. The van der Waals surface area contributed by atoms with Crippen LogP contribution in [0.5, 0.6) is 0 Å². The van der Waals surface area contributed by atoms with E-state index in [1.807, 2.05) is 0 Å². The van der Waals surface area contributed by atoms with E-state index in [-0.39, 0.29) is 25.0 Å². The lowest BCUT2D eigenvalue weighted by Gasteiger charge is -2.18. The Hall–Kier alpha value is -1.63. The summed E-state index contributed by atoms with van der Waals surface area (Å²) >= 11 is 0. The van der Waals surface area contributed by atoms with Gasteiger partial charge in [0.25, 0.3) is 5.91 Å². The number of nitrogens with zero attached hydrogens (tertiary/aromatic N) is 2. The number of likely N-dealkylation sites (N-methyl/N-ethyl adjacent to an activating group) is 1. The number of rotatable bonds is 5. The summed E-state index contributed by atoms with van der Waals surface area (Å²) in [5, 5.41) is 11.8. The number of nitrogens with one attached hydrogen (secondary N) is 1. The number of amides is 4. The fourth-order valence-electron chi connectivity index (χ4n) is 1.86. The summed E-state index contributed by atoms with van der Waals surface area (Å²) in [5.41, 5.74) is 0. The maximum atomic E-state index is 11.6. The highest BCUT2D eigenvalue weighted by molar-refractivity contribution is 6.04. The minimum absolute atomic E-state index is 0.00927. The lowest BCUT2D eigenvalue weighted by molar-refractivity contribution is -0.131. The minimum atomic E-state index is -0.513. The SMILES string of the molecule is CC(O)CC(C)NC(=O)CN1C(=O)CN(C)C1=O. The molecule has 2 atom stereocenters. The van der Waals surface area contributed by atoms with Gasteiger partial charge in [-0.05, 0) is 20.3 Å². The van der Waals surface area contributed by atoms with Crippen molar-refractivity contribution in [3.8, 4) is 0 Å². The maximum Gasteiger partial charge on any atom is 0.327 e. The van der Waals surface area contributed by atoms with Gasteiger partial charge in [0.15, 0.2) is 0 Å². The molecule has 0 radical (unpaired) electrons. The molecule has 1 rings (SSSR count). The van der Waals surface area contributed by atoms with Gasteiger partial charge in [0.1, 0.15) is 13.1 Å². The van der Waals surface area contributed by atoms with E-state index in [9.17, 15) is 14.4 Å². The molecular weight excluding hydrogens is 238 g/mol. The number of carbonyl (C=O) groups excluding carboxylic acids is 3. The first-order chi connectivity index (χ1) is 8.31. The van der Waals surface area contributed by atoms with Crippen LogP contribution in [0.2, 0.25) is 0 Å².